The van der Waals surface area contributed by atoms with Gasteiger partial charge >= 0.3 is 5.97 Å². The fourth-order valence-corrected chi connectivity index (χ4v) is 2.32. The van der Waals surface area contributed by atoms with E-state index >= 15 is 0 Å². The molecule has 0 heterocycles. The van der Waals surface area contributed by atoms with Crippen LogP contribution in [0.1, 0.15) is 20.7 Å². The quantitative estimate of drug-likeness (QED) is 0.595. The summed E-state index contributed by atoms with van der Waals surface area (Å²) in [5.74, 6) is -0.821. The Morgan fingerprint density at radius 2 is 1.41 bits per heavy atom. The average molecular weight is 291 g/mol. The van der Waals surface area contributed by atoms with Gasteiger partial charge in [0.15, 0.2) is 0 Å². The molecule has 0 saturated heterocycles. The normalized spacial score (nSPS) is 10.4. The molecule has 0 radical (unpaired) electrons. The second kappa shape index (κ2) is 5.69. The monoisotopic (exact) mass is 291 g/mol. The summed E-state index contributed by atoms with van der Waals surface area (Å²) in [6, 6.07) is 19.4. The maximum absolute atomic E-state index is 12.4. The number of primary amides is 1. The van der Waals surface area contributed by atoms with Crippen molar-refractivity contribution in [3.8, 4) is 5.75 Å². The molecular weight excluding hydrogens is 278 g/mol. The van der Waals surface area contributed by atoms with Crippen LogP contribution in [0.3, 0.4) is 0 Å². The molecule has 3 aromatic carbocycles. The van der Waals surface area contributed by atoms with Crippen LogP contribution in [0.15, 0.2) is 66.7 Å². The van der Waals surface area contributed by atoms with E-state index in [-0.39, 0.29) is 11.1 Å². The van der Waals surface area contributed by atoms with Gasteiger partial charge in [0, 0.05) is 5.39 Å². The van der Waals surface area contributed by atoms with Gasteiger partial charge in [0.25, 0.3) is 0 Å². The first kappa shape index (κ1) is 13.8. The van der Waals surface area contributed by atoms with Crippen LogP contribution >= 0.6 is 0 Å². The van der Waals surface area contributed by atoms with Crippen molar-refractivity contribution in [2.75, 3.05) is 0 Å². The first-order valence-electron chi connectivity index (χ1n) is 6.75. The molecule has 0 aliphatic heterocycles. The molecule has 0 fully saturated rings. The lowest BCUT2D eigenvalue weighted by Crippen LogP contribution is -2.18. The van der Waals surface area contributed by atoms with Crippen LogP contribution in [0, 0.1) is 0 Å². The van der Waals surface area contributed by atoms with Crippen LogP contribution in [0.25, 0.3) is 10.8 Å². The molecule has 108 valence electrons. The molecule has 4 nitrogen and oxygen atoms in total. The van der Waals surface area contributed by atoms with Crippen molar-refractivity contribution in [2.24, 2.45) is 5.73 Å². The zero-order chi connectivity index (χ0) is 15.5. The zero-order valence-corrected chi connectivity index (χ0v) is 11.7. The van der Waals surface area contributed by atoms with Crippen LogP contribution in [0.4, 0.5) is 0 Å². The molecule has 1 amide bonds. The fourth-order valence-electron chi connectivity index (χ4n) is 2.32. The number of fused-ring (bicyclic) bond motifs is 1. The standard InChI is InChI=1S/C18H13NO3/c19-17(20)14-9-3-4-10-15(14)18(21)22-16-11-5-7-12-6-1-2-8-13(12)16/h1-11H,(H2,19,20). The molecule has 0 aliphatic carbocycles. The molecule has 0 saturated carbocycles. The molecule has 3 aromatic rings. The molecule has 22 heavy (non-hydrogen) atoms. The van der Waals surface area contributed by atoms with E-state index in [1.165, 1.54) is 12.1 Å². The number of carbonyl (C=O) groups excluding carboxylic acids is 2. The Hall–Kier alpha value is -3.14. The third-order valence-electron chi connectivity index (χ3n) is 3.36. The van der Waals surface area contributed by atoms with Gasteiger partial charge in [-0.15, -0.1) is 0 Å². The minimum Gasteiger partial charge on any atom is -0.422 e. The van der Waals surface area contributed by atoms with Crippen molar-refractivity contribution in [1.82, 2.24) is 0 Å². The van der Waals surface area contributed by atoms with Gasteiger partial charge in [-0.3, -0.25) is 4.79 Å². The van der Waals surface area contributed by atoms with Crippen LogP contribution < -0.4 is 10.5 Å². The van der Waals surface area contributed by atoms with E-state index in [4.69, 9.17) is 10.5 Å². The highest BCUT2D eigenvalue weighted by atomic mass is 16.5. The predicted octanol–water partition coefficient (Wildman–Crippen LogP) is 3.16. The number of hydrogen-bond acceptors (Lipinski definition) is 3. The lowest BCUT2D eigenvalue weighted by molar-refractivity contribution is 0.0732. The summed E-state index contributed by atoms with van der Waals surface area (Å²) in [5, 5.41) is 1.80. The molecule has 0 aliphatic rings. The number of ether oxygens (including phenoxy) is 1. The highest BCUT2D eigenvalue weighted by Crippen LogP contribution is 2.26. The minimum atomic E-state index is -0.662. The van der Waals surface area contributed by atoms with E-state index in [1.807, 2.05) is 36.4 Å². The Morgan fingerprint density at radius 3 is 2.18 bits per heavy atom. The summed E-state index contributed by atoms with van der Waals surface area (Å²) in [4.78, 5) is 23.8. The summed E-state index contributed by atoms with van der Waals surface area (Å²) in [6.07, 6.45) is 0. The highest BCUT2D eigenvalue weighted by molar-refractivity contribution is 6.05. The van der Waals surface area contributed by atoms with Gasteiger partial charge < -0.3 is 10.5 Å². The third-order valence-corrected chi connectivity index (χ3v) is 3.36. The Bertz CT molecular complexity index is 866. The lowest BCUT2D eigenvalue weighted by Gasteiger charge is -2.09. The molecule has 0 bridgehead atoms. The molecule has 0 atom stereocenters. The Morgan fingerprint density at radius 1 is 0.773 bits per heavy atom. The Kier molecular flexibility index (Phi) is 3.58. The smallest absolute Gasteiger partial charge is 0.344 e. The number of rotatable bonds is 3. The van der Waals surface area contributed by atoms with Crippen LogP contribution in [0.5, 0.6) is 5.75 Å². The summed E-state index contributed by atoms with van der Waals surface area (Å²) in [6.45, 7) is 0. The Labute approximate surface area is 127 Å². The van der Waals surface area contributed by atoms with E-state index in [2.05, 4.69) is 0 Å². The molecular formula is C18H13NO3. The second-order valence-corrected chi connectivity index (χ2v) is 4.78. The van der Waals surface area contributed by atoms with E-state index in [9.17, 15) is 9.59 Å². The Balaban J connectivity index is 1.99. The molecule has 4 heteroatoms. The van der Waals surface area contributed by atoms with E-state index in [1.54, 1.807) is 18.2 Å². The number of carbonyl (C=O) groups is 2. The van der Waals surface area contributed by atoms with Crippen LogP contribution in [-0.2, 0) is 0 Å². The molecule has 2 N–H and O–H groups in total. The van der Waals surface area contributed by atoms with Gasteiger partial charge in [0.2, 0.25) is 5.91 Å². The maximum atomic E-state index is 12.4. The molecule has 0 aromatic heterocycles. The third kappa shape index (κ3) is 2.54. The SMILES string of the molecule is NC(=O)c1ccccc1C(=O)Oc1cccc2ccccc12. The number of amides is 1. The molecule has 0 unspecified atom stereocenters. The first-order chi connectivity index (χ1) is 10.7. The van der Waals surface area contributed by atoms with Crippen molar-refractivity contribution in [2.45, 2.75) is 0 Å². The van der Waals surface area contributed by atoms with Crippen molar-refractivity contribution in [3.05, 3.63) is 77.9 Å². The summed E-state index contributed by atoms with van der Waals surface area (Å²) in [7, 11) is 0. The van der Waals surface area contributed by atoms with E-state index in [0.717, 1.165) is 10.8 Å². The topological polar surface area (TPSA) is 69.4 Å². The molecule has 0 spiro atoms. The van der Waals surface area contributed by atoms with Gasteiger partial charge in [0.05, 0.1) is 11.1 Å². The van der Waals surface area contributed by atoms with Gasteiger partial charge in [-0.05, 0) is 23.6 Å². The van der Waals surface area contributed by atoms with Crippen molar-refractivity contribution in [3.63, 3.8) is 0 Å². The lowest BCUT2D eigenvalue weighted by atomic mass is 10.1. The molecule has 3 rings (SSSR count). The van der Waals surface area contributed by atoms with Gasteiger partial charge in [-0.1, -0.05) is 48.5 Å². The zero-order valence-electron chi connectivity index (χ0n) is 11.7. The summed E-state index contributed by atoms with van der Waals surface area (Å²) >= 11 is 0. The largest absolute Gasteiger partial charge is 0.422 e. The minimum absolute atomic E-state index is 0.146. The second-order valence-electron chi connectivity index (χ2n) is 4.78. The van der Waals surface area contributed by atoms with Crippen LogP contribution in [0.2, 0.25) is 0 Å². The number of esters is 1. The van der Waals surface area contributed by atoms with Crippen molar-refractivity contribution < 1.29 is 14.3 Å². The van der Waals surface area contributed by atoms with Gasteiger partial charge in [0.1, 0.15) is 5.75 Å². The average Bonchev–Trinajstić information content (AvgIpc) is 2.55. The number of benzene rings is 3. The number of hydrogen-bond donors (Lipinski definition) is 1. The highest BCUT2D eigenvalue weighted by Gasteiger charge is 2.17. The fraction of sp³-hybridized carbons (Fsp3) is 0. The number of nitrogens with two attached hydrogens (primary N) is 1. The summed E-state index contributed by atoms with van der Waals surface area (Å²) < 4.78 is 5.46. The van der Waals surface area contributed by atoms with Gasteiger partial charge in [-0.2, -0.15) is 0 Å². The van der Waals surface area contributed by atoms with Crippen molar-refractivity contribution in [1.29, 1.82) is 0 Å². The van der Waals surface area contributed by atoms with E-state index in [0.29, 0.717) is 5.75 Å². The maximum Gasteiger partial charge on any atom is 0.344 e. The van der Waals surface area contributed by atoms with Gasteiger partial charge in [-0.25, -0.2) is 4.79 Å². The van der Waals surface area contributed by atoms with E-state index < -0.39 is 11.9 Å². The van der Waals surface area contributed by atoms with Crippen LogP contribution in [-0.4, -0.2) is 11.9 Å². The van der Waals surface area contributed by atoms with Crippen molar-refractivity contribution >= 4 is 22.6 Å². The predicted molar refractivity (Wildman–Crippen MR) is 83.9 cm³/mol. The summed E-state index contributed by atoms with van der Waals surface area (Å²) in [5.41, 5.74) is 5.59. The first-order valence-corrected chi connectivity index (χ1v) is 6.75.